The van der Waals surface area contributed by atoms with Crippen LogP contribution in [-0.2, 0) is 6.42 Å². The molecule has 0 radical (unpaired) electrons. The van der Waals surface area contributed by atoms with Gasteiger partial charge in [0, 0.05) is 17.3 Å². The lowest BCUT2D eigenvalue weighted by Gasteiger charge is -2.05. The van der Waals surface area contributed by atoms with Gasteiger partial charge in [-0.1, -0.05) is 42.9 Å². The van der Waals surface area contributed by atoms with Gasteiger partial charge < -0.3 is 0 Å². The van der Waals surface area contributed by atoms with Crippen LogP contribution in [-0.4, -0.2) is 21.1 Å². The van der Waals surface area contributed by atoms with Crippen LogP contribution in [0.25, 0.3) is 11.3 Å². The molecule has 24 heavy (non-hydrogen) atoms. The molecule has 0 unspecified atom stereocenters. The van der Waals surface area contributed by atoms with Crippen molar-refractivity contribution < 1.29 is 4.79 Å². The predicted octanol–water partition coefficient (Wildman–Crippen LogP) is 4.11. The molecule has 0 spiro atoms. The van der Waals surface area contributed by atoms with Gasteiger partial charge in [-0.15, -0.1) is 10.2 Å². The van der Waals surface area contributed by atoms with Gasteiger partial charge in [-0.05, 0) is 37.1 Å². The van der Waals surface area contributed by atoms with Crippen LogP contribution in [0.2, 0.25) is 0 Å². The molecule has 0 saturated carbocycles. The Labute approximate surface area is 144 Å². The number of nitrogens with one attached hydrogen (secondary N) is 1. The first-order valence-corrected chi connectivity index (χ1v) is 8.64. The highest BCUT2D eigenvalue weighted by Gasteiger charge is 2.09. The van der Waals surface area contributed by atoms with Crippen LogP contribution in [0.5, 0.6) is 0 Å². The summed E-state index contributed by atoms with van der Waals surface area (Å²) in [6.45, 7) is 4.00. The molecule has 2 heterocycles. The molecule has 0 aliphatic heterocycles. The van der Waals surface area contributed by atoms with Crippen molar-refractivity contribution >= 4 is 22.4 Å². The largest absolute Gasteiger partial charge is 0.296 e. The highest BCUT2D eigenvalue weighted by Crippen LogP contribution is 2.19. The van der Waals surface area contributed by atoms with Crippen molar-refractivity contribution in [2.24, 2.45) is 0 Å². The number of aryl methyl sites for hydroxylation is 2. The molecule has 1 N–H and O–H groups in total. The summed E-state index contributed by atoms with van der Waals surface area (Å²) in [5, 5.41) is 11.9. The first-order valence-electron chi connectivity index (χ1n) is 7.82. The monoisotopic (exact) mass is 338 g/mol. The molecule has 2 aromatic heterocycles. The van der Waals surface area contributed by atoms with E-state index in [0.29, 0.717) is 10.7 Å². The van der Waals surface area contributed by atoms with Crippen LogP contribution < -0.4 is 5.32 Å². The maximum atomic E-state index is 12.2. The summed E-state index contributed by atoms with van der Waals surface area (Å²) >= 11 is 1.35. The first kappa shape index (κ1) is 16.3. The fraction of sp³-hybridized carbons (Fsp3) is 0.222. The fourth-order valence-corrected chi connectivity index (χ4v) is 2.93. The Hall–Kier alpha value is -2.60. The molecule has 0 atom stereocenters. The molecule has 0 bridgehead atoms. The van der Waals surface area contributed by atoms with Crippen molar-refractivity contribution in [2.75, 3.05) is 5.32 Å². The normalized spacial score (nSPS) is 10.6. The van der Waals surface area contributed by atoms with Crippen LogP contribution >= 0.6 is 11.3 Å². The molecule has 0 aliphatic carbocycles. The number of hydrogen-bond donors (Lipinski definition) is 1. The molecule has 0 saturated heterocycles. The zero-order valence-corrected chi connectivity index (χ0v) is 14.4. The molecular formula is C18H18N4OS. The van der Waals surface area contributed by atoms with Gasteiger partial charge in [-0.3, -0.25) is 15.1 Å². The number of amides is 1. The Morgan fingerprint density at radius 2 is 1.92 bits per heavy atom. The van der Waals surface area contributed by atoms with Crippen molar-refractivity contribution in [3.8, 4) is 11.3 Å². The van der Waals surface area contributed by atoms with Crippen molar-refractivity contribution in [3.63, 3.8) is 0 Å². The first-order chi connectivity index (χ1) is 11.7. The fourth-order valence-electron chi connectivity index (χ4n) is 2.34. The second-order valence-electron chi connectivity index (χ2n) is 5.46. The van der Waals surface area contributed by atoms with Crippen LogP contribution in [0.1, 0.15) is 34.3 Å². The van der Waals surface area contributed by atoms with E-state index in [-0.39, 0.29) is 5.91 Å². The van der Waals surface area contributed by atoms with E-state index in [4.69, 9.17) is 0 Å². The number of aromatic nitrogens is 3. The lowest BCUT2D eigenvalue weighted by Crippen LogP contribution is -2.11. The lowest BCUT2D eigenvalue weighted by molar-refractivity contribution is 0.102. The Morgan fingerprint density at radius 3 is 2.50 bits per heavy atom. The molecule has 122 valence electrons. The van der Waals surface area contributed by atoms with Crippen molar-refractivity contribution in [3.05, 3.63) is 58.7 Å². The van der Waals surface area contributed by atoms with E-state index in [1.807, 2.05) is 31.3 Å². The molecule has 1 amide bonds. The SMILES string of the molecule is CCCc1ccc(-c2ccc(C(=O)Nc3nnc(C)s3)cc2)nc1. The Bertz CT molecular complexity index is 825. The van der Waals surface area contributed by atoms with Crippen LogP contribution in [0.3, 0.4) is 0 Å². The third-order valence-electron chi connectivity index (χ3n) is 3.55. The average Bonchev–Trinajstić information content (AvgIpc) is 3.01. The molecule has 5 nitrogen and oxygen atoms in total. The lowest BCUT2D eigenvalue weighted by atomic mass is 10.1. The van der Waals surface area contributed by atoms with Crippen LogP contribution in [0.15, 0.2) is 42.6 Å². The van der Waals surface area contributed by atoms with E-state index in [9.17, 15) is 4.79 Å². The van der Waals surface area contributed by atoms with Crippen LogP contribution in [0, 0.1) is 6.92 Å². The molecular weight excluding hydrogens is 320 g/mol. The number of carbonyl (C=O) groups excluding carboxylic acids is 1. The van der Waals surface area contributed by atoms with E-state index < -0.39 is 0 Å². The molecule has 0 fully saturated rings. The van der Waals surface area contributed by atoms with E-state index in [2.05, 4.69) is 33.5 Å². The Kier molecular flexibility index (Phi) is 4.96. The minimum Gasteiger partial charge on any atom is -0.296 e. The van der Waals surface area contributed by atoms with Gasteiger partial charge in [0.2, 0.25) is 5.13 Å². The Morgan fingerprint density at radius 1 is 1.12 bits per heavy atom. The van der Waals surface area contributed by atoms with E-state index in [1.165, 1.54) is 16.9 Å². The molecule has 3 rings (SSSR count). The summed E-state index contributed by atoms with van der Waals surface area (Å²) in [5.41, 5.74) is 3.71. The zero-order chi connectivity index (χ0) is 16.9. The average molecular weight is 338 g/mol. The van der Waals surface area contributed by atoms with Crippen LogP contribution in [0.4, 0.5) is 5.13 Å². The molecule has 0 aliphatic rings. The summed E-state index contributed by atoms with van der Waals surface area (Å²) in [7, 11) is 0. The number of rotatable bonds is 5. The molecule has 3 aromatic rings. The second kappa shape index (κ2) is 7.31. The zero-order valence-electron chi connectivity index (χ0n) is 13.6. The molecule has 1 aromatic carbocycles. The summed E-state index contributed by atoms with van der Waals surface area (Å²) in [6.07, 6.45) is 4.06. The third kappa shape index (κ3) is 3.83. The summed E-state index contributed by atoms with van der Waals surface area (Å²) < 4.78 is 0. The topological polar surface area (TPSA) is 67.8 Å². The number of pyridine rings is 1. The second-order valence-corrected chi connectivity index (χ2v) is 6.64. The number of anilines is 1. The summed E-state index contributed by atoms with van der Waals surface area (Å²) in [6, 6.07) is 11.5. The number of nitrogens with zero attached hydrogens (tertiary/aromatic N) is 3. The van der Waals surface area contributed by atoms with Gasteiger partial charge in [-0.2, -0.15) is 0 Å². The van der Waals surface area contributed by atoms with Gasteiger partial charge in [0.25, 0.3) is 5.91 Å². The Balaban J connectivity index is 1.71. The van der Waals surface area contributed by atoms with Crippen molar-refractivity contribution in [2.45, 2.75) is 26.7 Å². The maximum absolute atomic E-state index is 12.2. The van der Waals surface area contributed by atoms with Gasteiger partial charge in [0.05, 0.1) is 5.69 Å². The highest BCUT2D eigenvalue weighted by atomic mass is 32.1. The number of hydrogen-bond acceptors (Lipinski definition) is 5. The van der Waals surface area contributed by atoms with Gasteiger partial charge in [0.15, 0.2) is 0 Å². The highest BCUT2D eigenvalue weighted by molar-refractivity contribution is 7.15. The van der Waals surface area contributed by atoms with Gasteiger partial charge >= 0.3 is 0 Å². The van der Waals surface area contributed by atoms with E-state index in [1.54, 1.807) is 12.1 Å². The van der Waals surface area contributed by atoms with Crippen molar-refractivity contribution in [1.82, 2.24) is 15.2 Å². The quantitative estimate of drug-likeness (QED) is 0.760. The van der Waals surface area contributed by atoms with E-state index in [0.717, 1.165) is 29.1 Å². The number of carbonyl (C=O) groups is 1. The van der Waals surface area contributed by atoms with Crippen molar-refractivity contribution in [1.29, 1.82) is 0 Å². The number of benzene rings is 1. The summed E-state index contributed by atoms with van der Waals surface area (Å²) in [4.78, 5) is 16.7. The molecule has 6 heteroatoms. The van der Waals surface area contributed by atoms with E-state index >= 15 is 0 Å². The minimum atomic E-state index is -0.191. The standard InChI is InChI=1S/C18H18N4OS/c1-3-4-13-5-10-16(19-11-13)14-6-8-15(9-7-14)17(23)20-18-22-21-12(2)24-18/h5-11H,3-4H2,1-2H3,(H,20,22,23). The van der Waals surface area contributed by atoms with Gasteiger partial charge in [0.1, 0.15) is 5.01 Å². The smallest absolute Gasteiger partial charge is 0.257 e. The maximum Gasteiger partial charge on any atom is 0.257 e. The predicted molar refractivity (Wildman–Crippen MR) is 96.3 cm³/mol. The minimum absolute atomic E-state index is 0.191. The third-order valence-corrected chi connectivity index (χ3v) is 4.31. The summed E-state index contributed by atoms with van der Waals surface area (Å²) in [5.74, 6) is -0.191. The van der Waals surface area contributed by atoms with Gasteiger partial charge in [-0.25, -0.2) is 0 Å².